The van der Waals surface area contributed by atoms with Crippen molar-refractivity contribution < 1.29 is 9.53 Å². The lowest BCUT2D eigenvalue weighted by molar-refractivity contribution is -0.122. The van der Waals surface area contributed by atoms with E-state index in [9.17, 15) is 9.59 Å². The van der Waals surface area contributed by atoms with Crippen LogP contribution < -0.4 is 10.9 Å². The van der Waals surface area contributed by atoms with Crippen LogP contribution in [0.4, 0.5) is 5.82 Å². The summed E-state index contributed by atoms with van der Waals surface area (Å²) in [5, 5.41) is 3.30. The number of thiocarbonyl (C=S) groups is 1. The summed E-state index contributed by atoms with van der Waals surface area (Å²) in [4.78, 5) is 33.1. The molecule has 2 aliphatic rings. The Morgan fingerprint density at radius 3 is 2.94 bits per heavy atom. The number of aromatic nitrogens is 2. The fourth-order valence-corrected chi connectivity index (χ4v) is 5.00. The summed E-state index contributed by atoms with van der Waals surface area (Å²) in [5.41, 5.74) is 1.62. The van der Waals surface area contributed by atoms with Crippen LogP contribution in [0.25, 0.3) is 11.7 Å². The van der Waals surface area contributed by atoms with E-state index in [1.807, 2.05) is 32.9 Å². The predicted molar refractivity (Wildman–Crippen MR) is 128 cm³/mol. The molecule has 2 saturated heterocycles. The van der Waals surface area contributed by atoms with Crippen LogP contribution in [0.1, 0.15) is 37.8 Å². The number of aryl methyl sites for hydroxylation is 1. The Kier molecular flexibility index (Phi) is 6.45. The van der Waals surface area contributed by atoms with Gasteiger partial charge in [0.1, 0.15) is 15.8 Å². The number of hydrogen-bond donors (Lipinski definition) is 1. The molecule has 2 aliphatic heterocycles. The number of hydrogen-bond acceptors (Lipinski definition) is 7. The molecular formula is C22H26N4O3S2. The molecule has 7 nitrogen and oxygen atoms in total. The van der Waals surface area contributed by atoms with Crippen LogP contribution in [0, 0.1) is 12.8 Å². The highest BCUT2D eigenvalue weighted by Gasteiger charge is 2.33. The van der Waals surface area contributed by atoms with Crippen LogP contribution >= 0.6 is 24.0 Å². The molecule has 9 heteroatoms. The van der Waals surface area contributed by atoms with Gasteiger partial charge in [0.25, 0.3) is 11.5 Å². The number of anilines is 1. The maximum atomic E-state index is 13.4. The largest absolute Gasteiger partial charge is 0.376 e. The summed E-state index contributed by atoms with van der Waals surface area (Å²) < 4.78 is 7.74. The van der Waals surface area contributed by atoms with Gasteiger partial charge in [-0.2, -0.15) is 0 Å². The first-order valence-electron chi connectivity index (χ1n) is 10.5. The minimum atomic E-state index is -0.224. The number of carbonyl (C=O) groups is 1. The molecule has 2 fully saturated rings. The molecule has 0 saturated carbocycles. The Bertz CT molecular complexity index is 1120. The molecular weight excluding hydrogens is 432 g/mol. The number of fused-ring (bicyclic) bond motifs is 1. The van der Waals surface area contributed by atoms with Gasteiger partial charge in [-0.25, -0.2) is 4.98 Å². The van der Waals surface area contributed by atoms with Crippen molar-refractivity contribution in [3.63, 3.8) is 0 Å². The molecule has 0 bridgehead atoms. The summed E-state index contributed by atoms with van der Waals surface area (Å²) in [5.74, 6) is 0.591. The Balaban J connectivity index is 1.76. The van der Waals surface area contributed by atoms with E-state index in [-0.39, 0.29) is 17.6 Å². The quantitative estimate of drug-likeness (QED) is 0.525. The third-order valence-corrected chi connectivity index (χ3v) is 6.68. The third kappa shape index (κ3) is 4.53. The SMILES string of the molecule is Cc1cccn2c(=O)c(/C=C3/SC(=S)N(CC(C)C)C3=O)c(NC[C@@H]3CCCO3)nc12. The van der Waals surface area contributed by atoms with Crippen molar-refractivity contribution >= 4 is 51.7 Å². The summed E-state index contributed by atoms with van der Waals surface area (Å²) in [7, 11) is 0. The predicted octanol–water partition coefficient (Wildman–Crippen LogP) is 3.45. The van der Waals surface area contributed by atoms with Gasteiger partial charge >= 0.3 is 0 Å². The number of nitrogens with one attached hydrogen (secondary N) is 1. The van der Waals surface area contributed by atoms with Crippen molar-refractivity contribution in [1.29, 1.82) is 0 Å². The second-order valence-corrected chi connectivity index (χ2v) is 9.94. The Hall–Kier alpha value is -2.23. The average Bonchev–Trinajstić information content (AvgIpc) is 3.33. The van der Waals surface area contributed by atoms with Crippen molar-refractivity contribution in [3.8, 4) is 0 Å². The van der Waals surface area contributed by atoms with Crippen LogP contribution in [0.2, 0.25) is 0 Å². The number of amides is 1. The standard InChI is InChI=1S/C22H26N4O3S2/c1-13(2)12-26-21(28)17(31-22(26)30)10-16-18(23-11-15-7-5-9-29-15)24-19-14(3)6-4-8-25(19)20(16)27/h4,6,8,10,13,15,23H,5,7,9,11-12H2,1-3H3/b17-10+/t15-/m0/s1. The zero-order chi connectivity index (χ0) is 22.1. The lowest BCUT2D eigenvalue weighted by Gasteiger charge is -2.16. The first kappa shape index (κ1) is 22.0. The highest BCUT2D eigenvalue weighted by molar-refractivity contribution is 8.26. The zero-order valence-electron chi connectivity index (χ0n) is 17.9. The zero-order valence-corrected chi connectivity index (χ0v) is 19.5. The molecule has 0 radical (unpaired) electrons. The van der Waals surface area contributed by atoms with Crippen LogP contribution in [-0.4, -0.2) is 50.3 Å². The van der Waals surface area contributed by atoms with Gasteiger partial charge in [-0.15, -0.1) is 0 Å². The first-order chi connectivity index (χ1) is 14.8. The molecule has 0 aliphatic carbocycles. The van der Waals surface area contributed by atoms with Crippen molar-refractivity contribution in [2.45, 2.75) is 39.7 Å². The molecule has 164 valence electrons. The minimum Gasteiger partial charge on any atom is -0.376 e. The van der Waals surface area contributed by atoms with Gasteiger partial charge in [0, 0.05) is 25.9 Å². The molecule has 0 aromatic carbocycles. The highest BCUT2D eigenvalue weighted by atomic mass is 32.2. The van der Waals surface area contributed by atoms with E-state index in [4.69, 9.17) is 21.9 Å². The van der Waals surface area contributed by atoms with Crippen molar-refractivity contribution in [2.75, 3.05) is 25.0 Å². The van der Waals surface area contributed by atoms with Gasteiger partial charge in [0.15, 0.2) is 0 Å². The lowest BCUT2D eigenvalue weighted by Crippen LogP contribution is -2.31. The fourth-order valence-electron chi connectivity index (χ4n) is 3.75. The molecule has 31 heavy (non-hydrogen) atoms. The van der Waals surface area contributed by atoms with E-state index < -0.39 is 0 Å². The second-order valence-electron chi connectivity index (χ2n) is 8.27. The molecule has 4 heterocycles. The normalized spacial score (nSPS) is 20.6. The minimum absolute atomic E-state index is 0.0919. The van der Waals surface area contributed by atoms with Crippen LogP contribution in [0.5, 0.6) is 0 Å². The molecule has 0 spiro atoms. The lowest BCUT2D eigenvalue weighted by atomic mass is 10.2. The van der Waals surface area contributed by atoms with Gasteiger partial charge < -0.3 is 10.1 Å². The monoisotopic (exact) mass is 458 g/mol. The van der Waals surface area contributed by atoms with Gasteiger partial charge in [-0.3, -0.25) is 18.9 Å². The van der Waals surface area contributed by atoms with Crippen LogP contribution in [-0.2, 0) is 9.53 Å². The van der Waals surface area contributed by atoms with Gasteiger partial charge in [-0.05, 0) is 43.4 Å². The van der Waals surface area contributed by atoms with E-state index in [0.717, 1.165) is 25.0 Å². The highest BCUT2D eigenvalue weighted by Crippen LogP contribution is 2.33. The van der Waals surface area contributed by atoms with Crippen molar-refractivity contribution in [3.05, 3.63) is 44.7 Å². The van der Waals surface area contributed by atoms with Gasteiger partial charge in [0.05, 0.1) is 16.6 Å². The second kappa shape index (κ2) is 9.10. The summed E-state index contributed by atoms with van der Waals surface area (Å²) in [6.45, 7) is 7.87. The molecule has 1 atom stereocenters. The average molecular weight is 459 g/mol. The van der Waals surface area contributed by atoms with Gasteiger partial charge in [0.2, 0.25) is 0 Å². The number of carbonyl (C=O) groups excluding carboxylic acids is 1. The Morgan fingerprint density at radius 2 is 2.23 bits per heavy atom. The first-order valence-corrected chi connectivity index (χ1v) is 11.7. The number of pyridine rings is 1. The molecule has 0 unspecified atom stereocenters. The van der Waals surface area contributed by atoms with E-state index >= 15 is 0 Å². The molecule has 4 rings (SSSR count). The van der Waals surface area contributed by atoms with E-state index in [1.54, 1.807) is 17.2 Å². The number of thioether (sulfide) groups is 1. The molecule has 1 amide bonds. The maximum absolute atomic E-state index is 13.4. The summed E-state index contributed by atoms with van der Waals surface area (Å²) in [6, 6.07) is 3.74. The van der Waals surface area contributed by atoms with Crippen molar-refractivity contribution in [2.24, 2.45) is 5.92 Å². The summed E-state index contributed by atoms with van der Waals surface area (Å²) in [6.07, 6.45) is 5.42. The van der Waals surface area contributed by atoms with E-state index in [0.29, 0.717) is 45.3 Å². The number of ether oxygens (including phenoxy) is 1. The fraction of sp³-hybridized carbons (Fsp3) is 0.455. The number of nitrogens with zero attached hydrogens (tertiary/aromatic N) is 3. The van der Waals surface area contributed by atoms with Crippen molar-refractivity contribution in [1.82, 2.24) is 14.3 Å². The Morgan fingerprint density at radius 1 is 1.42 bits per heavy atom. The maximum Gasteiger partial charge on any atom is 0.267 e. The van der Waals surface area contributed by atoms with Crippen LogP contribution in [0.15, 0.2) is 28.0 Å². The smallest absolute Gasteiger partial charge is 0.267 e. The molecule has 2 aromatic rings. The molecule has 1 N–H and O–H groups in total. The number of rotatable bonds is 6. The Labute approximate surface area is 190 Å². The summed E-state index contributed by atoms with van der Waals surface area (Å²) >= 11 is 6.64. The van der Waals surface area contributed by atoms with Gasteiger partial charge in [-0.1, -0.05) is 43.9 Å². The van der Waals surface area contributed by atoms with E-state index in [1.165, 1.54) is 16.2 Å². The van der Waals surface area contributed by atoms with Crippen LogP contribution in [0.3, 0.4) is 0 Å². The molecule has 2 aromatic heterocycles. The topological polar surface area (TPSA) is 75.9 Å². The van der Waals surface area contributed by atoms with E-state index in [2.05, 4.69) is 5.32 Å². The third-order valence-electron chi connectivity index (χ3n) is 5.30.